The number of aromatic nitrogens is 2. The van der Waals surface area contributed by atoms with Crippen LogP contribution in [0.1, 0.15) is 16.1 Å². The maximum atomic E-state index is 13.7. The van der Waals surface area contributed by atoms with Gasteiger partial charge in [-0.25, -0.2) is 9.37 Å². The fourth-order valence-corrected chi connectivity index (χ4v) is 3.90. The van der Waals surface area contributed by atoms with E-state index in [0.29, 0.717) is 16.9 Å². The summed E-state index contributed by atoms with van der Waals surface area (Å²) in [7, 11) is 3.42. The van der Waals surface area contributed by atoms with Gasteiger partial charge in [-0.2, -0.15) is 0 Å². The minimum Gasteiger partial charge on any atom is -0.343 e. The highest BCUT2D eigenvalue weighted by Crippen LogP contribution is 2.25. The molecule has 0 aliphatic heterocycles. The van der Waals surface area contributed by atoms with Crippen LogP contribution >= 0.6 is 11.3 Å². The standard InChI is InChI=1S/C22H19FN4O2S/c1-26(2)21(29)19-13-30-22-25-18(12-27(19)22)14-7-9-16(10-8-14)24-20(28)11-15-5-3-4-6-17(15)23/h3-10,12-13H,11H2,1-2H3,(H,24,28). The van der Waals surface area contributed by atoms with Crippen molar-refractivity contribution in [1.29, 1.82) is 0 Å². The lowest BCUT2D eigenvalue weighted by atomic mass is 10.1. The number of thiazole rings is 1. The van der Waals surface area contributed by atoms with Crippen molar-refractivity contribution >= 4 is 33.8 Å². The predicted molar refractivity (Wildman–Crippen MR) is 115 cm³/mol. The normalized spacial score (nSPS) is 10.9. The van der Waals surface area contributed by atoms with Crippen LogP contribution in [0.5, 0.6) is 0 Å². The van der Waals surface area contributed by atoms with E-state index in [4.69, 9.17) is 0 Å². The van der Waals surface area contributed by atoms with Crippen molar-refractivity contribution in [3.05, 3.63) is 77.2 Å². The van der Waals surface area contributed by atoms with Crippen molar-refractivity contribution in [2.45, 2.75) is 6.42 Å². The molecule has 0 bridgehead atoms. The number of carbonyl (C=O) groups is 2. The summed E-state index contributed by atoms with van der Waals surface area (Å²) in [5.74, 6) is -0.768. The Morgan fingerprint density at radius 2 is 1.87 bits per heavy atom. The van der Waals surface area contributed by atoms with Crippen LogP contribution in [0.15, 0.2) is 60.1 Å². The molecule has 0 aliphatic rings. The highest BCUT2D eigenvalue weighted by atomic mass is 32.1. The Kier molecular flexibility index (Phi) is 5.33. The molecule has 1 N–H and O–H groups in total. The van der Waals surface area contributed by atoms with Gasteiger partial charge >= 0.3 is 0 Å². The number of carbonyl (C=O) groups excluding carboxylic acids is 2. The van der Waals surface area contributed by atoms with Crippen LogP contribution in [0.2, 0.25) is 0 Å². The largest absolute Gasteiger partial charge is 0.343 e. The molecule has 2 aromatic heterocycles. The highest BCUT2D eigenvalue weighted by Gasteiger charge is 2.16. The maximum absolute atomic E-state index is 13.7. The average Bonchev–Trinajstić information content (AvgIpc) is 3.30. The summed E-state index contributed by atoms with van der Waals surface area (Å²) in [5.41, 5.74) is 3.13. The van der Waals surface area contributed by atoms with Gasteiger partial charge in [-0.05, 0) is 23.8 Å². The van der Waals surface area contributed by atoms with E-state index < -0.39 is 5.82 Å². The van der Waals surface area contributed by atoms with Crippen LogP contribution in [0.3, 0.4) is 0 Å². The van der Waals surface area contributed by atoms with Crippen molar-refractivity contribution in [3.8, 4) is 11.3 Å². The first kappa shape index (κ1) is 19.8. The van der Waals surface area contributed by atoms with E-state index in [1.165, 1.54) is 22.3 Å². The summed E-state index contributed by atoms with van der Waals surface area (Å²) >= 11 is 1.41. The number of halogens is 1. The third-order valence-corrected chi connectivity index (χ3v) is 5.45. The third-order valence-electron chi connectivity index (χ3n) is 4.61. The highest BCUT2D eigenvalue weighted by molar-refractivity contribution is 7.15. The van der Waals surface area contributed by atoms with Crippen LogP contribution in [0.25, 0.3) is 16.2 Å². The Hall–Kier alpha value is -3.52. The van der Waals surface area contributed by atoms with Gasteiger partial charge < -0.3 is 10.2 Å². The lowest BCUT2D eigenvalue weighted by molar-refractivity contribution is -0.115. The summed E-state index contributed by atoms with van der Waals surface area (Å²) in [4.78, 5) is 31.3. The van der Waals surface area contributed by atoms with Gasteiger partial charge in [0, 0.05) is 36.9 Å². The van der Waals surface area contributed by atoms with E-state index in [0.717, 1.165) is 16.2 Å². The second-order valence-corrected chi connectivity index (χ2v) is 7.83. The Labute approximate surface area is 176 Å². The molecule has 152 valence electrons. The number of anilines is 1. The van der Waals surface area contributed by atoms with E-state index in [1.54, 1.807) is 54.2 Å². The molecule has 2 aromatic carbocycles. The first-order valence-electron chi connectivity index (χ1n) is 9.24. The van der Waals surface area contributed by atoms with Gasteiger partial charge in [0.05, 0.1) is 12.1 Å². The summed E-state index contributed by atoms with van der Waals surface area (Å²) < 4.78 is 15.5. The van der Waals surface area contributed by atoms with Crippen molar-refractivity contribution < 1.29 is 14.0 Å². The Morgan fingerprint density at radius 3 is 2.57 bits per heavy atom. The molecule has 0 saturated heterocycles. The van der Waals surface area contributed by atoms with Crippen LogP contribution in [-0.4, -0.2) is 40.2 Å². The van der Waals surface area contributed by atoms with Gasteiger partial charge in [-0.3, -0.25) is 14.0 Å². The fraction of sp³-hybridized carbons (Fsp3) is 0.136. The summed E-state index contributed by atoms with van der Waals surface area (Å²) in [6.45, 7) is 0. The van der Waals surface area contributed by atoms with Gasteiger partial charge in [0.25, 0.3) is 5.91 Å². The topological polar surface area (TPSA) is 66.7 Å². The van der Waals surface area contributed by atoms with Crippen LogP contribution in [-0.2, 0) is 11.2 Å². The molecule has 4 rings (SSSR count). The van der Waals surface area contributed by atoms with E-state index in [9.17, 15) is 14.0 Å². The minimum atomic E-state index is -0.394. The molecule has 4 aromatic rings. The molecule has 0 atom stereocenters. The molecular weight excluding hydrogens is 403 g/mol. The van der Waals surface area contributed by atoms with Crippen LogP contribution in [0, 0.1) is 5.82 Å². The van der Waals surface area contributed by atoms with Gasteiger partial charge in [0.15, 0.2) is 4.96 Å². The Bertz CT molecular complexity index is 1230. The molecule has 2 amide bonds. The number of amides is 2. The summed E-state index contributed by atoms with van der Waals surface area (Å²) in [5, 5.41) is 4.57. The number of imidazole rings is 1. The molecule has 2 heterocycles. The molecule has 0 spiro atoms. The Balaban J connectivity index is 1.49. The van der Waals surface area contributed by atoms with Gasteiger partial charge in [-0.15, -0.1) is 11.3 Å². The molecule has 0 aliphatic carbocycles. The first-order chi connectivity index (χ1) is 14.4. The zero-order valence-corrected chi connectivity index (χ0v) is 17.2. The predicted octanol–water partition coefficient (Wildman–Crippen LogP) is 4.08. The number of benzene rings is 2. The number of fused-ring (bicyclic) bond motifs is 1. The molecule has 30 heavy (non-hydrogen) atoms. The van der Waals surface area contributed by atoms with Gasteiger partial charge in [-0.1, -0.05) is 30.3 Å². The van der Waals surface area contributed by atoms with Crippen molar-refractivity contribution in [1.82, 2.24) is 14.3 Å². The molecule has 0 radical (unpaired) electrons. The van der Waals surface area contributed by atoms with E-state index >= 15 is 0 Å². The number of hydrogen-bond acceptors (Lipinski definition) is 4. The smallest absolute Gasteiger partial charge is 0.271 e. The lowest BCUT2D eigenvalue weighted by Gasteiger charge is -2.08. The molecule has 0 unspecified atom stereocenters. The summed E-state index contributed by atoms with van der Waals surface area (Å²) in [6.07, 6.45) is 1.79. The molecule has 8 heteroatoms. The molecular formula is C22H19FN4O2S. The SMILES string of the molecule is CN(C)C(=O)c1csc2nc(-c3ccc(NC(=O)Cc4ccccc4F)cc3)cn12. The number of hydrogen-bond donors (Lipinski definition) is 1. The Morgan fingerprint density at radius 1 is 1.13 bits per heavy atom. The minimum absolute atomic E-state index is 0.0333. The number of rotatable bonds is 5. The molecule has 0 saturated carbocycles. The van der Waals surface area contributed by atoms with E-state index in [1.807, 2.05) is 18.3 Å². The first-order valence-corrected chi connectivity index (χ1v) is 10.1. The number of nitrogens with zero attached hydrogens (tertiary/aromatic N) is 3. The maximum Gasteiger partial charge on any atom is 0.271 e. The second-order valence-electron chi connectivity index (χ2n) is 6.99. The van der Waals surface area contributed by atoms with E-state index in [-0.39, 0.29) is 18.2 Å². The van der Waals surface area contributed by atoms with Crippen LogP contribution in [0.4, 0.5) is 10.1 Å². The third kappa shape index (κ3) is 3.95. The zero-order valence-electron chi connectivity index (χ0n) is 16.4. The lowest BCUT2D eigenvalue weighted by Crippen LogP contribution is -2.22. The monoisotopic (exact) mass is 422 g/mol. The summed E-state index contributed by atoms with van der Waals surface area (Å²) in [6, 6.07) is 13.5. The van der Waals surface area contributed by atoms with Crippen LogP contribution < -0.4 is 5.32 Å². The van der Waals surface area contributed by atoms with E-state index in [2.05, 4.69) is 10.3 Å². The van der Waals surface area contributed by atoms with Crippen molar-refractivity contribution in [2.24, 2.45) is 0 Å². The van der Waals surface area contributed by atoms with Crippen molar-refractivity contribution in [3.63, 3.8) is 0 Å². The van der Waals surface area contributed by atoms with Gasteiger partial charge in [0.2, 0.25) is 5.91 Å². The second kappa shape index (κ2) is 8.08. The van der Waals surface area contributed by atoms with Crippen molar-refractivity contribution in [2.75, 3.05) is 19.4 Å². The average molecular weight is 422 g/mol. The quantitative estimate of drug-likeness (QED) is 0.527. The molecule has 6 nitrogen and oxygen atoms in total. The molecule has 0 fully saturated rings. The number of nitrogens with one attached hydrogen (secondary N) is 1. The van der Waals surface area contributed by atoms with Gasteiger partial charge in [0.1, 0.15) is 11.5 Å². The zero-order chi connectivity index (χ0) is 21.3. The fourth-order valence-electron chi connectivity index (χ4n) is 3.05.